The van der Waals surface area contributed by atoms with Gasteiger partial charge in [0, 0.05) is 55.7 Å². The first-order chi connectivity index (χ1) is 22.8. The standard InChI is InChI=1S/C42H28N2O2/c1-3-11-29(12-4-1)43(33-23-25-41-37(27-33)35-15-7-9-17-39(35)45-41)31-19-21-32(22-20-31)44(30-13-5-2-6-14-30)34-24-26-42-38(28-34)36-16-8-10-18-40(36)46-42/h1-28H. The second-order valence-corrected chi connectivity index (χ2v) is 11.4. The van der Waals surface area contributed by atoms with Crippen molar-refractivity contribution in [2.24, 2.45) is 0 Å². The summed E-state index contributed by atoms with van der Waals surface area (Å²) in [6, 6.07) is 59.1. The summed E-state index contributed by atoms with van der Waals surface area (Å²) in [6.07, 6.45) is 0. The highest BCUT2D eigenvalue weighted by atomic mass is 16.3. The van der Waals surface area contributed by atoms with Gasteiger partial charge in [0.2, 0.25) is 0 Å². The molecule has 7 aromatic carbocycles. The van der Waals surface area contributed by atoms with Crippen molar-refractivity contribution in [3.05, 3.63) is 170 Å². The third-order valence-electron chi connectivity index (χ3n) is 8.63. The summed E-state index contributed by atoms with van der Waals surface area (Å²) in [5.74, 6) is 0. The highest BCUT2D eigenvalue weighted by Gasteiger charge is 2.18. The summed E-state index contributed by atoms with van der Waals surface area (Å²) in [5.41, 5.74) is 9.98. The largest absolute Gasteiger partial charge is 0.456 e. The quantitative estimate of drug-likeness (QED) is 0.192. The van der Waals surface area contributed by atoms with Crippen LogP contribution in [0.15, 0.2) is 179 Å². The lowest BCUT2D eigenvalue weighted by atomic mass is 10.1. The van der Waals surface area contributed by atoms with Crippen LogP contribution in [0.1, 0.15) is 0 Å². The third-order valence-corrected chi connectivity index (χ3v) is 8.63. The summed E-state index contributed by atoms with van der Waals surface area (Å²) in [5, 5.41) is 4.43. The second kappa shape index (κ2) is 10.7. The van der Waals surface area contributed by atoms with Gasteiger partial charge in [0.1, 0.15) is 22.3 Å². The van der Waals surface area contributed by atoms with Crippen LogP contribution >= 0.6 is 0 Å². The number of hydrogen-bond acceptors (Lipinski definition) is 4. The molecule has 0 amide bonds. The number of benzene rings is 7. The first-order valence-corrected chi connectivity index (χ1v) is 15.4. The number of anilines is 6. The van der Waals surface area contributed by atoms with Gasteiger partial charge in [-0.05, 0) is 97.1 Å². The van der Waals surface area contributed by atoms with Gasteiger partial charge < -0.3 is 18.6 Å². The Labute approximate surface area is 265 Å². The van der Waals surface area contributed by atoms with Crippen molar-refractivity contribution in [3.8, 4) is 0 Å². The Morgan fingerprint density at radius 2 is 0.587 bits per heavy atom. The summed E-state index contributed by atoms with van der Waals surface area (Å²) in [6.45, 7) is 0. The molecule has 0 saturated carbocycles. The zero-order valence-electron chi connectivity index (χ0n) is 24.9. The molecule has 0 unspecified atom stereocenters. The fourth-order valence-corrected chi connectivity index (χ4v) is 6.51. The minimum atomic E-state index is 0.884. The molecule has 0 saturated heterocycles. The Bertz CT molecular complexity index is 2300. The van der Waals surface area contributed by atoms with Crippen molar-refractivity contribution in [1.29, 1.82) is 0 Å². The summed E-state index contributed by atoms with van der Waals surface area (Å²) >= 11 is 0. The number of nitrogens with zero attached hydrogens (tertiary/aromatic N) is 2. The molecule has 2 heterocycles. The number of para-hydroxylation sites is 4. The minimum Gasteiger partial charge on any atom is -0.456 e. The molecule has 218 valence electrons. The summed E-state index contributed by atoms with van der Waals surface area (Å²) in [4.78, 5) is 4.59. The Morgan fingerprint density at radius 3 is 1.02 bits per heavy atom. The summed E-state index contributed by atoms with van der Waals surface area (Å²) in [7, 11) is 0. The molecular formula is C42H28N2O2. The average Bonchev–Trinajstić information content (AvgIpc) is 3.68. The van der Waals surface area contributed by atoms with Crippen molar-refractivity contribution in [3.63, 3.8) is 0 Å². The van der Waals surface area contributed by atoms with Crippen LogP contribution in [0.5, 0.6) is 0 Å². The molecule has 0 aliphatic heterocycles. The lowest BCUT2D eigenvalue weighted by Crippen LogP contribution is -2.12. The highest BCUT2D eigenvalue weighted by Crippen LogP contribution is 2.42. The molecule has 0 fully saturated rings. The first kappa shape index (κ1) is 26.2. The van der Waals surface area contributed by atoms with Gasteiger partial charge in [0.05, 0.1) is 0 Å². The molecule has 0 spiro atoms. The molecule has 0 N–H and O–H groups in total. The fourth-order valence-electron chi connectivity index (χ4n) is 6.51. The maximum absolute atomic E-state index is 6.14. The van der Waals surface area contributed by atoms with Crippen LogP contribution in [0.2, 0.25) is 0 Å². The predicted molar refractivity (Wildman–Crippen MR) is 190 cm³/mol. The molecule has 4 nitrogen and oxygen atoms in total. The molecule has 0 aliphatic carbocycles. The molecule has 2 aromatic heterocycles. The molecule has 46 heavy (non-hydrogen) atoms. The van der Waals surface area contributed by atoms with E-state index in [-0.39, 0.29) is 0 Å². The highest BCUT2D eigenvalue weighted by molar-refractivity contribution is 6.07. The fraction of sp³-hybridized carbons (Fsp3) is 0. The van der Waals surface area contributed by atoms with Gasteiger partial charge in [-0.3, -0.25) is 0 Å². The lowest BCUT2D eigenvalue weighted by Gasteiger charge is -2.28. The van der Waals surface area contributed by atoms with Crippen LogP contribution in [0, 0.1) is 0 Å². The topological polar surface area (TPSA) is 32.8 Å². The van der Waals surface area contributed by atoms with Crippen LogP contribution in [-0.4, -0.2) is 0 Å². The lowest BCUT2D eigenvalue weighted by molar-refractivity contribution is 0.668. The van der Waals surface area contributed by atoms with E-state index >= 15 is 0 Å². The van der Waals surface area contributed by atoms with E-state index in [1.165, 1.54) is 0 Å². The molecule has 0 aliphatic rings. The van der Waals surface area contributed by atoms with E-state index in [2.05, 4.69) is 155 Å². The normalized spacial score (nSPS) is 11.5. The Kier molecular flexibility index (Phi) is 6.10. The Morgan fingerprint density at radius 1 is 0.261 bits per heavy atom. The van der Waals surface area contributed by atoms with Gasteiger partial charge >= 0.3 is 0 Å². The maximum atomic E-state index is 6.14. The van der Waals surface area contributed by atoms with E-state index in [1.54, 1.807) is 0 Å². The van der Waals surface area contributed by atoms with E-state index < -0.39 is 0 Å². The van der Waals surface area contributed by atoms with Crippen LogP contribution < -0.4 is 9.80 Å². The minimum absolute atomic E-state index is 0.884. The van der Waals surface area contributed by atoms with Crippen LogP contribution in [0.25, 0.3) is 43.9 Å². The molecule has 9 rings (SSSR count). The van der Waals surface area contributed by atoms with Gasteiger partial charge in [0.15, 0.2) is 0 Å². The Balaban J connectivity index is 1.17. The molecular weight excluding hydrogens is 564 g/mol. The van der Waals surface area contributed by atoms with Crippen molar-refractivity contribution < 1.29 is 8.83 Å². The smallest absolute Gasteiger partial charge is 0.135 e. The molecule has 0 atom stereocenters. The Hall–Kier alpha value is -6.26. The van der Waals surface area contributed by atoms with Crippen molar-refractivity contribution >= 4 is 78.0 Å². The maximum Gasteiger partial charge on any atom is 0.135 e. The number of furan rings is 2. The van der Waals surface area contributed by atoms with E-state index in [4.69, 9.17) is 8.83 Å². The second-order valence-electron chi connectivity index (χ2n) is 11.4. The zero-order chi connectivity index (χ0) is 30.5. The van der Waals surface area contributed by atoms with E-state index in [0.29, 0.717) is 0 Å². The molecule has 0 radical (unpaired) electrons. The molecule has 4 heteroatoms. The SMILES string of the molecule is c1ccc(N(c2ccc(N(c3ccccc3)c3ccc4oc5ccccc5c4c3)cc2)c2ccc3oc4ccccc4c3c2)cc1. The van der Waals surface area contributed by atoms with Crippen molar-refractivity contribution in [2.75, 3.05) is 9.80 Å². The van der Waals surface area contributed by atoms with Gasteiger partial charge in [-0.2, -0.15) is 0 Å². The summed E-state index contributed by atoms with van der Waals surface area (Å²) < 4.78 is 12.3. The van der Waals surface area contributed by atoms with E-state index in [9.17, 15) is 0 Å². The first-order valence-electron chi connectivity index (χ1n) is 15.4. The van der Waals surface area contributed by atoms with Crippen molar-refractivity contribution in [2.45, 2.75) is 0 Å². The molecule has 0 bridgehead atoms. The van der Waals surface area contributed by atoms with Crippen molar-refractivity contribution in [1.82, 2.24) is 0 Å². The van der Waals surface area contributed by atoms with Crippen LogP contribution in [-0.2, 0) is 0 Å². The van der Waals surface area contributed by atoms with Gasteiger partial charge in [-0.25, -0.2) is 0 Å². The van der Waals surface area contributed by atoms with E-state index in [1.807, 2.05) is 24.3 Å². The van der Waals surface area contributed by atoms with Crippen LogP contribution in [0.4, 0.5) is 34.1 Å². The number of fused-ring (bicyclic) bond motifs is 6. The number of rotatable bonds is 6. The predicted octanol–water partition coefficient (Wildman–Crippen LogP) is 12.4. The van der Waals surface area contributed by atoms with Crippen LogP contribution in [0.3, 0.4) is 0 Å². The monoisotopic (exact) mass is 592 g/mol. The zero-order valence-corrected chi connectivity index (χ0v) is 24.9. The third kappa shape index (κ3) is 4.39. The average molecular weight is 593 g/mol. The van der Waals surface area contributed by atoms with Gasteiger partial charge in [-0.1, -0.05) is 72.8 Å². The number of hydrogen-bond donors (Lipinski definition) is 0. The van der Waals surface area contributed by atoms with E-state index in [0.717, 1.165) is 78.0 Å². The molecule has 9 aromatic rings. The van der Waals surface area contributed by atoms with Gasteiger partial charge in [-0.15, -0.1) is 0 Å². The van der Waals surface area contributed by atoms with Gasteiger partial charge in [0.25, 0.3) is 0 Å².